The first-order chi connectivity index (χ1) is 12.1. The lowest BCUT2D eigenvalue weighted by Crippen LogP contribution is -2.55. The molecular formula is C19H20Cl2N2O3. The summed E-state index contributed by atoms with van der Waals surface area (Å²) in [5.41, 5.74) is 2.63. The number of rotatable bonds is 3. The second-order valence-electron chi connectivity index (χ2n) is 6.58. The van der Waals surface area contributed by atoms with E-state index in [2.05, 4.69) is 5.43 Å². The Labute approximate surface area is 162 Å². The van der Waals surface area contributed by atoms with Gasteiger partial charge in [0.1, 0.15) is 5.75 Å². The number of hydrogen-bond donors (Lipinski definition) is 1. The topological polar surface area (TPSA) is 58.6 Å². The van der Waals surface area contributed by atoms with Crippen LogP contribution < -0.4 is 10.2 Å². The summed E-state index contributed by atoms with van der Waals surface area (Å²) in [5, 5.41) is 1.88. The third kappa shape index (κ3) is 4.48. The second kappa shape index (κ2) is 7.98. The molecule has 26 heavy (non-hydrogen) atoms. The number of halogens is 2. The van der Waals surface area contributed by atoms with Crippen LogP contribution in [0.2, 0.25) is 10.0 Å². The Kier molecular flexibility index (Phi) is 6.16. The van der Waals surface area contributed by atoms with Gasteiger partial charge in [0.15, 0.2) is 0 Å². The zero-order valence-corrected chi connectivity index (χ0v) is 16.5. The number of benzene rings is 2. The Hall–Kier alpha value is -2.24. The third-order valence-corrected chi connectivity index (χ3v) is 4.34. The van der Waals surface area contributed by atoms with Crippen molar-refractivity contribution in [3.8, 4) is 5.75 Å². The number of carbonyl (C=O) groups is 2. The van der Waals surface area contributed by atoms with E-state index in [1.807, 2.05) is 20.8 Å². The quantitative estimate of drug-likeness (QED) is 0.774. The summed E-state index contributed by atoms with van der Waals surface area (Å²) in [6.45, 7) is 5.43. The molecule has 0 fully saturated rings. The smallest absolute Gasteiger partial charge is 0.273 e. The zero-order valence-electron chi connectivity index (χ0n) is 15.0. The first-order valence-corrected chi connectivity index (χ1v) is 8.64. The van der Waals surface area contributed by atoms with Gasteiger partial charge in [-0.3, -0.25) is 15.0 Å². The van der Waals surface area contributed by atoms with Crippen LogP contribution in [0.25, 0.3) is 0 Å². The number of amides is 2. The van der Waals surface area contributed by atoms with Gasteiger partial charge in [0.05, 0.1) is 28.3 Å². The van der Waals surface area contributed by atoms with Crippen LogP contribution in [0.1, 0.15) is 41.5 Å². The zero-order chi connectivity index (χ0) is 19.5. The number of hydrogen-bond acceptors (Lipinski definition) is 3. The molecule has 5 nitrogen and oxygen atoms in total. The number of carbonyl (C=O) groups excluding carboxylic acids is 2. The van der Waals surface area contributed by atoms with Crippen molar-refractivity contribution in [2.75, 3.05) is 7.11 Å². The van der Waals surface area contributed by atoms with Crippen molar-refractivity contribution in [1.82, 2.24) is 10.4 Å². The van der Waals surface area contributed by atoms with Gasteiger partial charge in [-0.2, -0.15) is 0 Å². The van der Waals surface area contributed by atoms with E-state index in [4.69, 9.17) is 27.9 Å². The molecule has 0 aliphatic carbocycles. The summed E-state index contributed by atoms with van der Waals surface area (Å²) in [6.07, 6.45) is 0. The number of nitrogens with one attached hydrogen (secondary N) is 1. The van der Waals surface area contributed by atoms with Gasteiger partial charge >= 0.3 is 0 Å². The maximum atomic E-state index is 13.0. The molecule has 2 amide bonds. The maximum absolute atomic E-state index is 13.0. The summed E-state index contributed by atoms with van der Waals surface area (Å²) in [4.78, 5) is 25.7. The maximum Gasteiger partial charge on any atom is 0.273 e. The normalized spacial score (nSPS) is 11.0. The molecule has 0 heterocycles. The molecule has 0 aliphatic rings. The monoisotopic (exact) mass is 394 g/mol. The van der Waals surface area contributed by atoms with Crippen molar-refractivity contribution in [3.05, 3.63) is 63.6 Å². The summed E-state index contributed by atoms with van der Waals surface area (Å²) in [7, 11) is 1.48. The molecule has 0 atom stereocenters. The molecule has 0 radical (unpaired) electrons. The molecule has 0 unspecified atom stereocenters. The van der Waals surface area contributed by atoms with E-state index in [1.54, 1.807) is 36.4 Å². The molecule has 2 aromatic carbocycles. The highest BCUT2D eigenvalue weighted by atomic mass is 35.5. The Bertz CT molecular complexity index is 832. The third-order valence-electron chi connectivity index (χ3n) is 3.61. The van der Waals surface area contributed by atoms with Crippen molar-refractivity contribution in [1.29, 1.82) is 0 Å². The van der Waals surface area contributed by atoms with Crippen LogP contribution in [0.4, 0.5) is 0 Å². The number of methoxy groups -OCH3 is 1. The average Bonchev–Trinajstić information content (AvgIpc) is 2.60. The van der Waals surface area contributed by atoms with E-state index in [0.717, 1.165) is 0 Å². The highest BCUT2D eigenvalue weighted by Crippen LogP contribution is 2.25. The highest BCUT2D eigenvalue weighted by Gasteiger charge is 2.30. The minimum atomic E-state index is -0.680. The largest absolute Gasteiger partial charge is 0.496 e. The number of hydrazine groups is 1. The molecule has 2 rings (SSSR count). The van der Waals surface area contributed by atoms with Crippen molar-refractivity contribution in [2.24, 2.45) is 0 Å². The van der Waals surface area contributed by atoms with Gasteiger partial charge in [0, 0.05) is 5.56 Å². The molecule has 2 aromatic rings. The molecule has 138 valence electrons. The first kappa shape index (κ1) is 20.1. The summed E-state index contributed by atoms with van der Waals surface area (Å²) in [6, 6.07) is 11.4. The number of ether oxygens (including phenoxy) is 1. The lowest BCUT2D eigenvalue weighted by atomic mass is 10.1. The second-order valence-corrected chi connectivity index (χ2v) is 7.40. The molecule has 0 spiro atoms. The summed E-state index contributed by atoms with van der Waals surface area (Å²) < 4.78 is 5.21. The number of nitrogens with zero attached hydrogens (tertiary/aromatic N) is 1. The average molecular weight is 395 g/mol. The highest BCUT2D eigenvalue weighted by molar-refractivity contribution is 6.42. The molecule has 0 aliphatic heterocycles. The fourth-order valence-corrected chi connectivity index (χ4v) is 2.57. The lowest BCUT2D eigenvalue weighted by Gasteiger charge is -2.35. The number of para-hydroxylation sites is 1. The molecule has 0 saturated carbocycles. The van der Waals surface area contributed by atoms with Gasteiger partial charge in [0.2, 0.25) is 0 Å². The van der Waals surface area contributed by atoms with Crippen LogP contribution in [0.5, 0.6) is 5.75 Å². The Morgan fingerprint density at radius 3 is 2.27 bits per heavy atom. The predicted molar refractivity (Wildman–Crippen MR) is 103 cm³/mol. The van der Waals surface area contributed by atoms with Crippen molar-refractivity contribution in [3.63, 3.8) is 0 Å². The fourth-order valence-electron chi connectivity index (χ4n) is 2.28. The van der Waals surface area contributed by atoms with Gasteiger partial charge in [-0.05, 0) is 51.1 Å². The standard InChI is InChI=1S/C19H20Cl2N2O3/c1-19(2,3)23(18(25)12-9-10-14(20)15(21)11-12)22-17(24)13-7-5-6-8-16(13)26-4/h5-11H,1-4H3,(H,22,24). The predicted octanol–water partition coefficient (Wildman–Crippen LogP) is 4.59. The molecular weight excluding hydrogens is 375 g/mol. The molecule has 0 bridgehead atoms. The SMILES string of the molecule is COc1ccccc1C(=O)NN(C(=O)c1ccc(Cl)c(Cl)c1)C(C)(C)C. The molecule has 0 aromatic heterocycles. The van der Waals surface area contributed by atoms with E-state index in [0.29, 0.717) is 21.9 Å². The van der Waals surface area contributed by atoms with E-state index >= 15 is 0 Å². The molecule has 1 N–H and O–H groups in total. The van der Waals surface area contributed by atoms with Crippen LogP contribution in [0.3, 0.4) is 0 Å². The van der Waals surface area contributed by atoms with Crippen molar-refractivity contribution < 1.29 is 14.3 Å². The Morgan fingerprint density at radius 2 is 1.69 bits per heavy atom. The lowest BCUT2D eigenvalue weighted by molar-refractivity contribution is 0.0357. The van der Waals surface area contributed by atoms with Gasteiger partial charge in [0.25, 0.3) is 11.8 Å². The summed E-state index contributed by atoms with van der Waals surface area (Å²) >= 11 is 11.9. The van der Waals surface area contributed by atoms with Crippen molar-refractivity contribution in [2.45, 2.75) is 26.3 Å². The first-order valence-electron chi connectivity index (χ1n) is 7.88. The van der Waals surface area contributed by atoms with Gasteiger partial charge in [-0.1, -0.05) is 35.3 Å². The van der Waals surface area contributed by atoms with Crippen LogP contribution in [-0.4, -0.2) is 29.5 Å². The Balaban J connectivity index is 2.34. The van der Waals surface area contributed by atoms with E-state index in [9.17, 15) is 9.59 Å². The summed E-state index contributed by atoms with van der Waals surface area (Å²) in [5.74, 6) is -0.439. The minimum absolute atomic E-state index is 0.266. The van der Waals surface area contributed by atoms with Crippen LogP contribution >= 0.6 is 23.2 Å². The van der Waals surface area contributed by atoms with Gasteiger partial charge < -0.3 is 4.74 Å². The molecule has 7 heteroatoms. The van der Waals surface area contributed by atoms with Crippen LogP contribution in [-0.2, 0) is 0 Å². The molecule has 0 saturated heterocycles. The van der Waals surface area contributed by atoms with Crippen LogP contribution in [0.15, 0.2) is 42.5 Å². The minimum Gasteiger partial charge on any atom is -0.496 e. The Morgan fingerprint density at radius 1 is 1.04 bits per heavy atom. The van der Waals surface area contributed by atoms with Gasteiger partial charge in [-0.15, -0.1) is 0 Å². The van der Waals surface area contributed by atoms with Crippen molar-refractivity contribution >= 4 is 35.0 Å². The fraction of sp³-hybridized carbons (Fsp3) is 0.263. The van der Waals surface area contributed by atoms with Gasteiger partial charge in [-0.25, -0.2) is 5.01 Å². The van der Waals surface area contributed by atoms with E-state index in [1.165, 1.54) is 18.2 Å². The van der Waals surface area contributed by atoms with Crippen LogP contribution in [0, 0.1) is 0 Å². The van der Waals surface area contributed by atoms with E-state index < -0.39 is 17.4 Å². The van der Waals surface area contributed by atoms with E-state index in [-0.39, 0.29) is 5.02 Å².